The zero-order chi connectivity index (χ0) is 37.9. The lowest BCUT2D eigenvalue weighted by atomic mass is 10.1. The number of nitrogens with one attached hydrogen (secondary N) is 2. The Hall–Kier alpha value is -6.07. The number of rotatable bonds is 12. The molecule has 0 unspecified atom stereocenters. The summed E-state index contributed by atoms with van der Waals surface area (Å²) in [7, 11) is 0. The second-order valence-electron chi connectivity index (χ2n) is 11.2. The molecule has 272 valence electrons. The predicted molar refractivity (Wildman–Crippen MR) is 189 cm³/mol. The van der Waals surface area contributed by atoms with Crippen molar-refractivity contribution in [2.24, 2.45) is 22.9 Å². The Balaban J connectivity index is 0.000000237. The maximum Gasteiger partial charge on any atom is 0.320 e. The highest BCUT2D eigenvalue weighted by atomic mass is 16.4. The maximum atomic E-state index is 10.6. The molecule has 0 aliphatic heterocycles. The molecular formula is C35H43N7O9. The molecule has 2 heterocycles. The minimum Gasteiger partial charge on any atom is -0.508 e. The van der Waals surface area contributed by atoms with E-state index in [0.29, 0.717) is 12.8 Å². The van der Waals surface area contributed by atoms with Crippen molar-refractivity contribution in [1.82, 2.24) is 15.0 Å². The van der Waals surface area contributed by atoms with Gasteiger partial charge in [-0.3, -0.25) is 19.2 Å². The van der Waals surface area contributed by atoms with Crippen molar-refractivity contribution < 1.29 is 44.7 Å². The van der Waals surface area contributed by atoms with Crippen LogP contribution in [0.4, 0.5) is 0 Å². The fraction of sp³-hybridized carbons (Fsp3) is 0.229. The molecule has 15 N–H and O–H groups in total. The van der Waals surface area contributed by atoms with Gasteiger partial charge >= 0.3 is 23.9 Å². The lowest BCUT2D eigenvalue weighted by Gasteiger charge is -2.05. The highest BCUT2D eigenvalue weighted by Crippen LogP contribution is 2.18. The number of phenolic OH excluding ortho intramolecular Hbond substituents is 1. The minimum atomic E-state index is -1.02. The fourth-order valence-electron chi connectivity index (χ4n) is 4.27. The number of nitrogens with two attached hydrogens (primary N) is 4. The molecule has 0 fully saturated rings. The molecule has 0 saturated carbocycles. The van der Waals surface area contributed by atoms with Gasteiger partial charge in [-0.2, -0.15) is 0 Å². The highest BCUT2D eigenvalue weighted by Gasteiger charge is 2.15. The van der Waals surface area contributed by atoms with Gasteiger partial charge in [0.1, 0.15) is 29.9 Å². The summed E-state index contributed by atoms with van der Waals surface area (Å²) in [6.45, 7) is 0. The first-order chi connectivity index (χ1) is 24.2. The predicted octanol–water partition coefficient (Wildman–Crippen LogP) is 1.47. The number of imidazole rings is 1. The number of hydrogen-bond donors (Lipinski definition) is 11. The van der Waals surface area contributed by atoms with Gasteiger partial charge in [0.05, 0.1) is 6.33 Å². The van der Waals surface area contributed by atoms with E-state index in [-0.39, 0.29) is 18.6 Å². The molecule has 16 heteroatoms. The Bertz CT molecular complexity index is 1800. The van der Waals surface area contributed by atoms with Crippen molar-refractivity contribution >= 4 is 34.8 Å². The lowest BCUT2D eigenvalue weighted by Crippen LogP contribution is -2.32. The van der Waals surface area contributed by atoms with E-state index in [2.05, 4.69) is 15.0 Å². The van der Waals surface area contributed by atoms with E-state index < -0.39 is 48.0 Å². The number of para-hydroxylation sites is 1. The van der Waals surface area contributed by atoms with Gasteiger partial charge in [0.15, 0.2) is 0 Å². The number of H-pyrrole nitrogens is 2. The maximum absolute atomic E-state index is 10.6. The van der Waals surface area contributed by atoms with Crippen LogP contribution in [-0.2, 0) is 44.9 Å². The van der Waals surface area contributed by atoms with Crippen LogP contribution in [0, 0.1) is 0 Å². The van der Waals surface area contributed by atoms with Crippen molar-refractivity contribution in [3.8, 4) is 5.75 Å². The molecule has 51 heavy (non-hydrogen) atoms. The largest absolute Gasteiger partial charge is 0.508 e. The Morgan fingerprint density at radius 3 is 1.57 bits per heavy atom. The topological polar surface area (TPSA) is 318 Å². The molecule has 0 bridgehead atoms. The Labute approximate surface area is 292 Å². The third-order valence-electron chi connectivity index (χ3n) is 7.07. The molecule has 3 aromatic carbocycles. The average molecular weight is 706 g/mol. The van der Waals surface area contributed by atoms with Crippen LogP contribution in [0.3, 0.4) is 0 Å². The zero-order valence-electron chi connectivity index (χ0n) is 27.5. The van der Waals surface area contributed by atoms with E-state index in [1.807, 2.05) is 60.8 Å². The Kier molecular flexibility index (Phi) is 17.0. The van der Waals surface area contributed by atoms with Gasteiger partial charge in [-0.05, 0) is 47.7 Å². The normalized spacial score (nSPS) is 12.6. The number of nitrogens with zero attached hydrogens (tertiary/aromatic N) is 1. The lowest BCUT2D eigenvalue weighted by molar-refractivity contribution is -0.139. The van der Waals surface area contributed by atoms with Crippen LogP contribution in [0.25, 0.3) is 10.9 Å². The number of aromatic nitrogens is 3. The molecular weight excluding hydrogens is 662 g/mol. The molecule has 16 nitrogen and oxygen atoms in total. The summed E-state index contributed by atoms with van der Waals surface area (Å²) in [6, 6.07) is 20.0. The van der Waals surface area contributed by atoms with Gasteiger partial charge in [-0.15, -0.1) is 0 Å². The van der Waals surface area contributed by atoms with Crippen molar-refractivity contribution in [3.63, 3.8) is 0 Å². The minimum absolute atomic E-state index is 0.160. The third kappa shape index (κ3) is 15.4. The second kappa shape index (κ2) is 21.1. The van der Waals surface area contributed by atoms with E-state index in [1.165, 1.54) is 18.5 Å². The molecule has 4 atom stereocenters. The fourth-order valence-corrected chi connectivity index (χ4v) is 4.27. The summed E-state index contributed by atoms with van der Waals surface area (Å²) < 4.78 is 0. The highest BCUT2D eigenvalue weighted by molar-refractivity contribution is 5.84. The number of aromatic hydroxyl groups is 1. The van der Waals surface area contributed by atoms with Crippen LogP contribution in [0.15, 0.2) is 97.6 Å². The quantitative estimate of drug-likeness (QED) is 0.0876. The molecule has 0 spiro atoms. The van der Waals surface area contributed by atoms with Gasteiger partial charge in [-0.25, -0.2) is 4.98 Å². The SMILES string of the molecule is N[C@@H](Cc1c[nH]c2ccccc12)C(=O)O.N[C@@H](Cc1ccc(O)cc1)C(=O)O.N[C@@H](Cc1ccccc1)C(=O)O.N[C@@H](Cc1cnc[nH]1)C(=O)O. The van der Waals surface area contributed by atoms with Crippen LogP contribution < -0.4 is 22.9 Å². The first-order valence-corrected chi connectivity index (χ1v) is 15.5. The summed E-state index contributed by atoms with van der Waals surface area (Å²) in [5.41, 5.74) is 25.9. The van der Waals surface area contributed by atoms with Crippen molar-refractivity contribution in [2.75, 3.05) is 0 Å². The van der Waals surface area contributed by atoms with Gasteiger partial charge < -0.3 is 58.4 Å². The number of carbonyl (C=O) groups is 4. The summed E-state index contributed by atoms with van der Waals surface area (Å²) in [6.07, 6.45) is 6.15. The summed E-state index contributed by atoms with van der Waals surface area (Å²) in [5.74, 6) is -3.79. The van der Waals surface area contributed by atoms with Crippen LogP contribution in [0.1, 0.15) is 22.4 Å². The molecule has 2 aromatic heterocycles. The van der Waals surface area contributed by atoms with E-state index in [0.717, 1.165) is 33.3 Å². The number of fused-ring (bicyclic) bond motifs is 1. The smallest absolute Gasteiger partial charge is 0.320 e. The van der Waals surface area contributed by atoms with Gasteiger partial charge in [0.25, 0.3) is 0 Å². The third-order valence-corrected chi connectivity index (χ3v) is 7.07. The molecule has 0 amide bonds. The monoisotopic (exact) mass is 705 g/mol. The van der Waals surface area contributed by atoms with Crippen LogP contribution in [0.2, 0.25) is 0 Å². The molecule has 5 aromatic rings. The van der Waals surface area contributed by atoms with E-state index >= 15 is 0 Å². The molecule has 0 aliphatic rings. The zero-order valence-corrected chi connectivity index (χ0v) is 27.5. The summed E-state index contributed by atoms with van der Waals surface area (Å²) in [5, 5.41) is 44.2. The number of aromatic amines is 2. The Morgan fingerprint density at radius 2 is 1.06 bits per heavy atom. The van der Waals surface area contributed by atoms with Crippen LogP contribution >= 0.6 is 0 Å². The summed E-state index contributed by atoms with van der Waals surface area (Å²) in [4.78, 5) is 51.3. The molecule has 0 saturated heterocycles. The van der Waals surface area contributed by atoms with Crippen LogP contribution in [-0.4, -0.2) is 88.5 Å². The van der Waals surface area contributed by atoms with Gasteiger partial charge in [0, 0.05) is 41.8 Å². The second-order valence-corrected chi connectivity index (χ2v) is 11.2. The number of phenols is 1. The van der Waals surface area contributed by atoms with Gasteiger partial charge in [-0.1, -0.05) is 60.7 Å². The van der Waals surface area contributed by atoms with Crippen molar-refractivity contribution in [3.05, 3.63) is 120 Å². The Morgan fingerprint density at radius 1 is 0.588 bits per heavy atom. The number of hydrogen-bond acceptors (Lipinski definition) is 10. The summed E-state index contributed by atoms with van der Waals surface area (Å²) >= 11 is 0. The first-order valence-electron chi connectivity index (χ1n) is 15.5. The molecule has 5 rings (SSSR count). The standard InChI is InChI=1S/C11H12N2O2.C9H11NO3.C9H11NO2.C6H9N3O2/c12-9(11(14)15)5-7-6-13-10-4-2-1-3-8(7)10;10-8(9(12)13)5-6-1-3-7(11)4-2-6;10-8(9(11)12)6-7-4-2-1-3-5-7;7-5(6(10)11)1-4-2-8-3-9-4/h1-4,6,9,13H,5,12H2,(H,14,15);1-4,8,11H,5,10H2,(H,12,13);1-5,8H,6,10H2,(H,11,12);2-3,5H,1,7H2,(H,8,9)(H,10,11)/t9-;2*8-;5-/m0000/s1. The van der Waals surface area contributed by atoms with Crippen LogP contribution in [0.5, 0.6) is 5.75 Å². The molecule has 0 aliphatic carbocycles. The number of aliphatic carboxylic acids is 4. The van der Waals surface area contributed by atoms with Crippen molar-refractivity contribution in [1.29, 1.82) is 0 Å². The molecule has 0 radical (unpaired) electrons. The van der Waals surface area contributed by atoms with Crippen molar-refractivity contribution in [2.45, 2.75) is 49.9 Å². The van der Waals surface area contributed by atoms with Gasteiger partial charge in [0.2, 0.25) is 0 Å². The van der Waals surface area contributed by atoms with E-state index in [4.69, 9.17) is 48.5 Å². The number of benzene rings is 3. The van der Waals surface area contributed by atoms with E-state index in [1.54, 1.807) is 18.3 Å². The first kappa shape index (κ1) is 41.1. The number of carboxylic acids is 4. The number of carboxylic acid groups (broad SMARTS) is 4. The average Bonchev–Trinajstić information content (AvgIpc) is 3.77. The van der Waals surface area contributed by atoms with E-state index in [9.17, 15) is 19.2 Å².